The molecule has 1 saturated heterocycles. The molecule has 1 fully saturated rings. The number of nitrogens with one attached hydrogen (secondary N) is 1. The van der Waals surface area contributed by atoms with Gasteiger partial charge in [0, 0.05) is 42.5 Å². The van der Waals surface area contributed by atoms with Crippen molar-refractivity contribution in [3.8, 4) is 11.3 Å². The van der Waals surface area contributed by atoms with Crippen LogP contribution >= 0.6 is 11.3 Å². The van der Waals surface area contributed by atoms with E-state index in [1.54, 1.807) is 6.20 Å². The molecule has 0 radical (unpaired) electrons. The first-order valence-corrected chi connectivity index (χ1v) is 10.5. The molecule has 0 unspecified atom stereocenters. The first kappa shape index (κ1) is 18.6. The van der Waals surface area contributed by atoms with Gasteiger partial charge in [-0.2, -0.15) is 5.10 Å². The summed E-state index contributed by atoms with van der Waals surface area (Å²) in [6.07, 6.45) is 5.49. The molecule has 0 saturated carbocycles. The van der Waals surface area contributed by atoms with Crippen molar-refractivity contribution in [2.45, 2.75) is 33.2 Å². The number of rotatable bonds is 5. The lowest BCUT2D eigenvalue weighted by atomic mass is 9.97. The summed E-state index contributed by atoms with van der Waals surface area (Å²) in [5, 5.41) is 9.99. The smallest absolute Gasteiger partial charge is 0.231 e. The van der Waals surface area contributed by atoms with Gasteiger partial charge in [0.15, 0.2) is 5.13 Å². The van der Waals surface area contributed by atoms with Crippen molar-refractivity contribution in [2.24, 2.45) is 5.92 Å². The van der Waals surface area contributed by atoms with Crippen molar-refractivity contribution in [1.82, 2.24) is 19.7 Å². The molecule has 1 aliphatic rings. The first-order chi connectivity index (χ1) is 13.7. The monoisotopic (exact) mass is 396 g/mol. The van der Waals surface area contributed by atoms with Gasteiger partial charge in [-0.1, -0.05) is 6.07 Å². The number of aryl methyl sites for hydroxylation is 1. The molecule has 3 aromatic heterocycles. The summed E-state index contributed by atoms with van der Waals surface area (Å²) in [5.74, 6) is 0.898. The van der Waals surface area contributed by atoms with E-state index in [0.717, 1.165) is 48.7 Å². The van der Waals surface area contributed by atoms with E-state index in [1.165, 1.54) is 11.3 Å². The molecule has 1 aliphatic heterocycles. The van der Waals surface area contributed by atoms with Crippen LogP contribution < -0.4 is 10.2 Å². The SMILES string of the molecule is CCn1ncc(-c2csc(NC(=O)[C@H]3CCCN(c4ccccn4)C3)n2)c1C. The van der Waals surface area contributed by atoms with Crippen molar-refractivity contribution in [2.75, 3.05) is 23.3 Å². The fourth-order valence-corrected chi connectivity index (χ4v) is 4.33. The zero-order valence-corrected chi connectivity index (χ0v) is 16.9. The van der Waals surface area contributed by atoms with Crippen LogP contribution in [0.5, 0.6) is 0 Å². The minimum Gasteiger partial charge on any atom is -0.356 e. The van der Waals surface area contributed by atoms with Crippen LogP contribution in [0.15, 0.2) is 36.0 Å². The molecule has 1 amide bonds. The van der Waals surface area contributed by atoms with E-state index in [0.29, 0.717) is 11.7 Å². The van der Waals surface area contributed by atoms with Crippen molar-refractivity contribution in [3.63, 3.8) is 0 Å². The third kappa shape index (κ3) is 3.77. The lowest BCUT2D eigenvalue weighted by molar-refractivity contribution is -0.120. The Kier molecular flexibility index (Phi) is 5.38. The summed E-state index contributed by atoms with van der Waals surface area (Å²) in [5.41, 5.74) is 2.96. The number of nitrogens with zero attached hydrogens (tertiary/aromatic N) is 5. The molecule has 0 bridgehead atoms. The molecule has 7 nitrogen and oxygen atoms in total. The number of thiazole rings is 1. The summed E-state index contributed by atoms with van der Waals surface area (Å²) < 4.78 is 1.95. The number of pyridine rings is 1. The topological polar surface area (TPSA) is 75.9 Å². The van der Waals surface area contributed by atoms with Gasteiger partial charge in [0.1, 0.15) is 5.82 Å². The molecule has 1 N–H and O–H groups in total. The third-order valence-electron chi connectivity index (χ3n) is 5.18. The second kappa shape index (κ2) is 8.10. The molecule has 1 atom stereocenters. The molecule has 0 spiro atoms. The highest BCUT2D eigenvalue weighted by molar-refractivity contribution is 7.14. The Morgan fingerprint density at radius 3 is 3.04 bits per heavy atom. The predicted molar refractivity (Wildman–Crippen MR) is 112 cm³/mol. The molecule has 4 rings (SSSR count). The number of hydrogen-bond acceptors (Lipinski definition) is 6. The van der Waals surface area contributed by atoms with E-state index in [1.807, 2.05) is 41.4 Å². The molecular formula is C20H24N6OS. The highest BCUT2D eigenvalue weighted by Crippen LogP contribution is 2.28. The maximum absolute atomic E-state index is 12.8. The fourth-order valence-electron chi connectivity index (χ4n) is 3.62. The number of carbonyl (C=O) groups excluding carboxylic acids is 1. The zero-order chi connectivity index (χ0) is 19.5. The molecule has 0 aliphatic carbocycles. The second-order valence-corrected chi connectivity index (χ2v) is 7.82. The Hall–Kier alpha value is -2.74. The van der Waals surface area contributed by atoms with Crippen molar-refractivity contribution < 1.29 is 4.79 Å². The normalized spacial score (nSPS) is 16.9. The van der Waals surface area contributed by atoms with Gasteiger partial charge in [0.05, 0.1) is 17.8 Å². The van der Waals surface area contributed by atoms with Gasteiger partial charge in [-0.15, -0.1) is 11.3 Å². The second-order valence-electron chi connectivity index (χ2n) is 6.96. The first-order valence-electron chi connectivity index (χ1n) is 9.61. The maximum Gasteiger partial charge on any atom is 0.231 e. The van der Waals surface area contributed by atoms with Gasteiger partial charge in [-0.05, 0) is 38.8 Å². The summed E-state index contributed by atoms with van der Waals surface area (Å²) in [6.45, 7) is 6.55. The fraction of sp³-hybridized carbons (Fsp3) is 0.400. The Balaban J connectivity index is 1.42. The van der Waals surface area contributed by atoms with Gasteiger partial charge < -0.3 is 10.2 Å². The van der Waals surface area contributed by atoms with E-state index < -0.39 is 0 Å². The van der Waals surface area contributed by atoms with E-state index in [4.69, 9.17) is 0 Å². The van der Waals surface area contributed by atoms with E-state index in [2.05, 4.69) is 32.2 Å². The Morgan fingerprint density at radius 1 is 1.39 bits per heavy atom. The van der Waals surface area contributed by atoms with Gasteiger partial charge in [-0.3, -0.25) is 9.48 Å². The van der Waals surface area contributed by atoms with Crippen LogP contribution in [0.25, 0.3) is 11.3 Å². The minimum absolute atomic E-state index is 0.0301. The quantitative estimate of drug-likeness (QED) is 0.713. The zero-order valence-electron chi connectivity index (χ0n) is 16.1. The summed E-state index contributed by atoms with van der Waals surface area (Å²) in [7, 11) is 0. The molecule has 146 valence electrons. The molecule has 0 aromatic carbocycles. The van der Waals surface area contributed by atoms with Crippen LogP contribution in [0.4, 0.5) is 10.9 Å². The van der Waals surface area contributed by atoms with E-state index in [9.17, 15) is 4.79 Å². The predicted octanol–water partition coefficient (Wildman–Crippen LogP) is 3.59. The standard InChI is InChI=1S/C20H24N6OS/c1-3-26-14(2)16(11-22-26)17-13-28-20(23-17)24-19(27)15-7-6-10-25(12-15)18-8-4-5-9-21-18/h4-5,8-9,11,13,15H,3,6-7,10,12H2,1-2H3,(H,23,24,27)/t15-/m0/s1. The largest absolute Gasteiger partial charge is 0.356 e. The lowest BCUT2D eigenvalue weighted by Crippen LogP contribution is -2.41. The number of carbonyl (C=O) groups is 1. The van der Waals surface area contributed by atoms with Crippen LogP contribution in [0.2, 0.25) is 0 Å². The number of piperidine rings is 1. The minimum atomic E-state index is -0.0623. The van der Waals surface area contributed by atoms with Gasteiger partial charge in [-0.25, -0.2) is 9.97 Å². The van der Waals surface area contributed by atoms with Crippen LogP contribution in [0.3, 0.4) is 0 Å². The molecular weight excluding hydrogens is 372 g/mol. The highest BCUT2D eigenvalue weighted by atomic mass is 32.1. The Bertz CT molecular complexity index is 951. The Labute approximate surface area is 168 Å². The Morgan fingerprint density at radius 2 is 2.29 bits per heavy atom. The van der Waals surface area contributed by atoms with Crippen LogP contribution in [0.1, 0.15) is 25.5 Å². The highest BCUT2D eigenvalue weighted by Gasteiger charge is 2.27. The van der Waals surface area contributed by atoms with Crippen LogP contribution in [-0.4, -0.2) is 38.7 Å². The van der Waals surface area contributed by atoms with E-state index >= 15 is 0 Å². The van der Waals surface area contributed by atoms with Crippen LogP contribution in [-0.2, 0) is 11.3 Å². The van der Waals surface area contributed by atoms with Crippen molar-refractivity contribution in [3.05, 3.63) is 41.7 Å². The van der Waals surface area contributed by atoms with Gasteiger partial charge in [0.2, 0.25) is 5.91 Å². The van der Waals surface area contributed by atoms with E-state index in [-0.39, 0.29) is 11.8 Å². The number of amides is 1. The van der Waals surface area contributed by atoms with Gasteiger partial charge in [0.25, 0.3) is 0 Å². The molecule has 3 aromatic rings. The summed E-state index contributed by atoms with van der Waals surface area (Å²) in [4.78, 5) is 24.0. The van der Waals surface area contributed by atoms with Crippen molar-refractivity contribution in [1.29, 1.82) is 0 Å². The average molecular weight is 397 g/mol. The number of anilines is 2. The summed E-state index contributed by atoms with van der Waals surface area (Å²) >= 11 is 1.45. The van der Waals surface area contributed by atoms with Gasteiger partial charge >= 0.3 is 0 Å². The number of aromatic nitrogens is 4. The molecule has 8 heteroatoms. The van der Waals surface area contributed by atoms with Crippen LogP contribution in [0, 0.1) is 12.8 Å². The molecule has 28 heavy (non-hydrogen) atoms. The number of hydrogen-bond donors (Lipinski definition) is 1. The average Bonchev–Trinajstić information content (AvgIpc) is 3.34. The maximum atomic E-state index is 12.8. The summed E-state index contributed by atoms with van der Waals surface area (Å²) in [6, 6.07) is 5.88. The molecule has 4 heterocycles. The van der Waals surface area contributed by atoms with Crippen molar-refractivity contribution >= 4 is 28.2 Å². The third-order valence-corrected chi connectivity index (χ3v) is 5.94. The lowest BCUT2D eigenvalue weighted by Gasteiger charge is -2.32.